The average molecular weight is 248 g/mol. The maximum absolute atomic E-state index is 12.1. The number of hydrogen-bond acceptors (Lipinski definition) is 3. The molecule has 2 aromatic rings. The summed E-state index contributed by atoms with van der Waals surface area (Å²) in [5, 5.41) is 9.80. The summed E-state index contributed by atoms with van der Waals surface area (Å²) in [5.74, 6) is -0.196. The summed E-state index contributed by atoms with van der Waals surface area (Å²) in [6.45, 7) is 0. The van der Waals surface area contributed by atoms with Crippen LogP contribution in [0.4, 0.5) is 5.69 Å². The second-order valence-corrected chi connectivity index (χ2v) is 4.05. The first-order chi connectivity index (χ1) is 8.08. The molecule has 0 aliphatic heterocycles. The van der Waals surface area contributed by atoms with Crippen molar-refractivity contribution in [3.8, 4) is 5.75 Å². The monoisotopic (exact) mass is 247 g/mol. The summed E-state index contributed by atoms with van der Waals surface area (Å²) < 4.78 is 0. The van der Waals surface area contributed by atoms with E-state index in [2.05, 4.69) is 0 Å². The molecule has 4 heteroatoms. The molecule has 0 spiro atoms. The average Bonchev–Trinajstić information content (AvgIpc) is 2.28. The van der Waals surface area contributed by atoms with Crippen LogP contribution in [0, 0.1) is 0 Å². The van der Waals surface area contributed by atoms with E-state index in [9.17, 15) is 9.90 Å². The molecule has 2 aromatic carbocycles. The van der Waals surface area contributed by atoms with Crippen LogP contribution in [0.3, 0.4) is 0 Å². The van der Waals surface area contributed by atoms with Crippen LogP contribution in [0.5, 0.6) is 5.75 Å². The Morgan fingerprint density at radius 1 is 1.18 bits per heavy atom. The Balaban J connectivity index is 2.44. The van der Waals surface area contributed by atoms with Crippen LogP contribution in [-0.4, -0.2) is 10.9 Å². The van der Waals surface area contributed by atoms with Crippen molar-refractivity contribution in [2.45, 2.75) is 0 Å². The Hall–Kier alpha value is -2.00. The lowest BCUT2D eigenvalue weighted by atomic mass is 10.0. The molecule has 0 aliphatic carbocycles. The first-order valence-electron chi connectivity index (χ1n) is 4.96. The van der Waals surface area contributed by atoms with Crippen LogP contribution >= 0.6 is 11.6 Å². The molecule has 2 rings (SSSR count). The molecular formula is C13H10ClNO2. The highest BCUT2D eigenvalue weighted by molar-refractivity contribution is 6.31. The van der Waals surface area contributed by atoms with Gasteiger partial charge in [-0.25, -0.2) is 0 Å². The molecule has 0 radical (unpaired) electrons. The molecule has 0 unspecified atom stereocenters. The Morgan fingerprint density at radius 2 is 1.94 bits per heavy atom. The topological polar surface area (TPSA) is 63.3 Å². The fraction of sp³-hybridized carbons (Fsp3) is 0. The normalized spacial score (nSPS) is 10.2. The number of carbonyl (C=O) groups excluding carboxylic acids is 1. The molecule has 0 aliphatic rings. The SMILES string of the molecule is Nc1cc(Cl)ccc1C(=O)c1cccc(O)c1. The minimum absolute atomic E-state index is 0.0448. The highest BCUT2D eigenvalue weighted by Crippen LogP contribution is 2.22. The number of phenols is 1. The minimum atomic E-state index is -0.241. The van der Waals surface area contributed by atoms with Crippen LogP contribution in [-0.2, 0) is 0 Å². The maximum Gasteiger partial charge on any atom is 0.195 e. The predicted octanol–water partition coefficient (Wildman–Crippen LogP) is 2.86. The van der Waals surface area contributed by atoms with Gasteiger partial charge in [-0.2, -0.15) is 0 Å². The number of nitrogens with two attached hydrogens (primary N) is 1. The van der Waals surface area contributed by atoms with Gasteiger partial charge >= 0.3 is 0 Å². The third kappa shape index (κ3) is 2.40. The Bertz CT molecular complexity index is 581. The molecule has 86 valence electrons. The van der Waals surface area contributed by atoms with Gasteiger partial charge in [0.05, 0.1) is 0 Å². The van der Waals surface area contributed by atoms with Gasteiger partial charge in [-0.3, -0.25) is 4.79 Å². The second kappa shape index (κ2) is 4.47. The fourth-order valence-corrected chi connectivity index (χ4v) is 1.72. The number of benzene rings is 2. The number of aromatic hydroxyl groups is 1. The van der Waals surface area contributed by atoms with Crippen LogP contribution in [0.25, 0.3) is 0 Å². The molecule has 0 bridgehead atoms. The van der Waals surface area contributed by atoms with Gasteiger partial charge in [-0.15, -0.1) is 0 Å². The Morgan fingerprint density at radius 3 is 2.59 bits per heavy atom. The number of anilines is 1. The molecule has 0 amide bonds. The molecule has 0 fully saturated rings. The van der Waals surface area contributed by atoms with Crippen molar-refractivity contribution in [2.75, 3.05) is 5.73 Å². The number of halogens is 1. The summed E-state index contributed by atoms with van der Waals surface area (Å²) >= 11 is 5.76. The van der Waals surface area contributed by atoms with E-state index in [1.807, 2.05) is 0 Å². The van der Waals surface area contributed by atoms with Crippen LogP contribution in [0.2, 0.25) is 5.02 Å². The molecule has 0 aromatic heterocycles. The molecule has 0 saturated heterocycles. The Labute approximate surface area is 103 Å². The maximum atomic E-state index is 12.1. The zero-order valence-electron chi connectivity index (χ0n) is 8.85. The molecule has 3 nitrogen and oxygen atoms in total. The number of hydrogen-bond donors (Lipinski definition) is 2. The number of phenolic OH excluding ortho intramolecular Hbond substituents is 1. The molecular weight excluding hydrogens is 238 g/mol. The lowest BCUT2D eigenvalue weighted by Crippen LogP contribution is -2.05. The first kappa shape index (κ1) is 11.5. The summed E-state index contributed by atoms with van der Waals surface area (Å²) in [7, 11) is 0. The number of carbonyl (C=O) groups is 1. The third-order valence-electron chi connectivity index (χ3n) is 2.37. The van der Waals surface area contributed by atoms with Crippen LogP contribution in [0.1, 0.15) is 15.9 Å². The van der Waals surface area contributed by atoms with Gasteiger partial charge in [0.2, 0.25) is 0 Å². The quantitative estimate of drug-likeness (QED) is 0.634. The predicted molar refractivity (Wildman–Crippen MR) is 67.4 cm³/mol. The van der Waals surface area contributed by atoms with E-state index >= 15 is 0 Å². The van der Waals surface area contributed by atoms with E-state index in [1.165, 1.54) is 18.2 Å². The molecule has 0 heterocycles. The Kier molecular flexibility index (Phi) is 3.02. The summed E-state index contributed by atoms with van der Waals surface area (Å²) in [5.41, 5.74) is 6.82. The van der Waals surface area contributed by atoms with Gasteiger partial charge < -0.3 is 10.8 Å². The zero-order chi connectivity index (χ0) is 12.4. The highest BCUT2D eigenvalue weighted by atomic mass is 35.5. The smallest absolute Gasteiger partial charge is 0.195 e. The lowest BCUT2D eigenvalue weighted by Gasteiger charge is -2.05. The first-order valence-corrected chi connectivity index (χ1v) is 5.34. The van der Waals surface area contributed by atoms with Gasteiger partial charge in [0.15, 0.2) is 5.78 Å². The summed E-state index contributed by atoms with van der Waals surface area (Å²) in [6, 6.07) is 10.8. The van der Waals surface area contributed by atoms with Crippen LogP contribution < -0.4 is 5.73 Å². The van der Waals surface area contributed by atoms with Crippen LogP contribution in [0.15, 0.2) is 42.5 Å². The van der Waals surface area contributed by atoms with E-state index in [1.54, 1.807) is 24.3 Å². The molecule has 0 atom stereocenters. The largest absolute Gasteiger partial charge is 0.508 e. The minimum Gasteiger partial charge on any atom is -0.508 e. The van der Waals surface area contributed by atoms with Crippen molar-refractivity contribution in [3.63, 3.8) is 0 Å². The third-order valence-corrected chi connectivity index (χ3v) is 2.60. The van der Waals surface area contributed by atoms with E-state index in [-0.39, 0.29) is 11.5 Å². The van der Waals surface area contributed by atoms with E-state index in [0.29, 0.717) is 21.8 Å². The zero-order valence-corrected chi connectivity index (χ0v) is 9.61. The summed E-state index contributed by atoms with van der Waals surface area (Å²) in [6.07, 6.45) is 0. The van der Waals surface area contributed by atoms with Crippen molar-refractivity contribution in [1.29, 1.82) is 0 Å². The van der Waals surface area contributed by atoms with E-state index in [4.69, 9.17) is 17.3 Å². The van der Waals surface area contributed by atoms with Crippen molar-refractivity contribution < 1.29 is 9.90 Å². The molecule has 0 saturated carbocycles. The standard InChI is InChI=1S/C13H10ClNO2/c14-9-4-5-11(12(15)7-9)13(17)8-2-1-3-10(16)6-8/h1-7,16H,15H2. The van der Waals surface area contributed by atoms with Gasteiger partial charge in [-0.1, -0.05) is 23.7 Å². The van der Waals surface area contributed by atoms with Crippen molar-refractivity contribution in [1.82, 2.24) is 0 Å². The van der Waals surface area contributed by atoms with Crippen molar-refractivity contribution >= 4 is 23.1 Å². The highest BCUT2D eigenvalue weighted by Gasteiger charge is 2.12. The van der Waals surface area contributed by atoms with Gasteiger partial charge in [0, 0.05) is 21.8 Å². The van der Waals surface area contributed by atoms with Crippen molar-refractivity contribution in [3.05, 3.63) is 58.6 Å². The molecule has 3 N–H and O–H groups in total. The van der Waals surface area contributed by atoms with E-state index in [0.717, 1.165) is 0 Å². The summed E-state index contributed by atoms with van der Waals surface area (Å²) in [4.78, 5) is 12.1. The van der Waals surface area contributed by atoms with Gasteiger partial charge in [0.25, 0.3) is 0 Å². The van der Waals surface area contributed by atoms with Gasteiger partial charge in [0.1, 0.15) is 5.75 Å². The number of ketones is 1. The lowest BCUT2D eigenvalue weighted by molar-refractivity contribution is 0.103. The number of nitrogen functional groups attached to an aromatic ring is 1. The number of rotatable bonds is 2. The van der Waals surface area contributed by atoms with Crippen molar-refractivity contribution in [2.24, 2.45) is 0 Å². The molecule has 17 heavy (non-hydrogen) atoms. The second-order valence-electron chi connectivity index (χ2n) is 3.61. The fourth-order valence-electron chi connectivity index (χ4n) is 1.54. The van der Waals surface area contributed by atoms with Gasteiger partial charge in [-0.05, 0) is 30.3 Å². The van der Waals surface area contributed by atoms with E-state index < -0.39 is 0 Å².